The minimum Gasteiger partial charge on any atom is -0.468 e. The first-order valence-electron chi connectivity index (χ1n) is 17.9. The van der Waals surface area contributed by atoms with E-state index in [-0.39, 0.29) is 66.8 Å². The number of ether oxygens (including phenoxy) is 9. The van der Waals surface area contributed by atoms with Crippen LogP contribution in [0.25, 0.3) is 11.1 Å². The molecule has 7 rings (SSSR count). The van der Waals surface area contributed by atoms with Crippen LogP contribution in [0.1, 0.15) is 90.7 Å². The first kappa shape index (κ1) is 45.8. The molecule has 2 fully saturated rings. The Morgan fingerprint density at radius 1 is 0.571 bits per heavy atom. The Morgan fingerprint density at radius 2 is 0.964 bits per heavy atom. The molecule has 0 spiro atoms. The summed E-state index contributed by atoms with van der Waals surface area (Å²) >= 11 is 0. The molecule has 10 heteroatoms. The number of carbonyl (C=O) groups is 1. The highest BCUT2D eigenvalue weighted by Crippen LogP contribution is 2.47. The molecule has 0 bridgehead atoms. The molecule has 2 saturated heterocycles. The van der Waals surface area contributed by atoms with Crippen molar-refractivity contribution in [3.63, 3.8) is 0 Å². The van der Waals surface area contributed by atoms with E-state index in [1.54, 1.807) is 24.3 Å². The van der Waals surface area contributed by atoms with Gasteiger partial charge in [-0.25, -0.2) is 4.79 Å². The second kappa shape index (κ2) is 20.5. The third-order valence-corrected chi connectivity index (χ3v) is 10.4. The molecule has 306 valence electrons. The van der Waals surface area contributed by atoms with Crippen LogP contribution in [0.4, 0.5) is 0 Å². The highest BCUT2D eigenvalue weighted by atomic mass is 16.7. The van der Waals surface area contributed by atoms with Crippen molar-refractivity contribution in [1.82, 2.24) is 0 Å². The Balaban J connectivity index is 0.00000210. The fraction of sp³-hybridized carbons (Fsp3) is 0.457. The molecule has 4 aromatic rings. The number of esters is 1. The Bertz CT molecular complexity index is 1800. The molecule has 0 radical (unpaired) electrons. The summed E-state index contributed by atoms with van der Waals surface area (Å²) in [5, 5.41) is 0. The average molecular weight is 775 g/mol. The third kappa shape index (κ3) is 10.4. The van der Waals surface area contributed by atoms with Gasteiger partial charge < -0.3 is 42.6 Å². The summed E-state index contributed by atoms with van der Waals surface area (Å²) in [5.41, 5.74) is 5.14. The van der Waals surface area contributed by atoms with E-state index in [0.717, 1.165) is 61.5 Å². The summed E-state index contributed by atoms with van der Waals surface area (Å²) in [4.78, 5) is 13.0. The van der Waals surface area contributed by atoms with Gasteiger partial charge in [-0.3, -0.25) is 0 Å². The van der Waals surface area contributed by atoms with Gasteiger partial charge in [-0.15, -0.1) is 0 Å². The van der Waals surface area contributed by atoms with Crippen molar-refractivity contribution in [3.8, 4) is 39.9 Å². The Morgan fingerprint density at radius 3 is 1.41 bits per heavy atom. The SMILES string of the molecule is C.C.C.C.CCC1(COCOc2ccc(OCOc3ccc4c(c3)C(C)c3cc(OC(=O)c5ccc(OCOCC6(CC)COC6)cc5)ccc3-4)cc2)COC1. The van der Waals surface area contributed by atoms with Gasteiger partial charge >= 0.3 is 5.97 Å². The van der Waals surface area contributed by atoms with Crippen LogP contribution in [0.2, 0.25) is 0 Å². The number of benzene rings is 4. The Kier molecular flexibility index (Phi) is 16.8. The van der Waals surface area contributed by atoms with E-state index >= 15 is 0 Å². The summed E-state index contributed by atoms with van der Waals surface area (Å²) < 4.78 is 51.1. The van der Waals surface area contributed by atoms with Gasteiger partial charge in [0.2, 0.25) is 6.79 Å². The molecule has 2 aliphatic heterocycles. The molecule has 4 aromatic carbocycles. The van der Waals surface area contributed by atoms with Crippen molar-refractivity contribution in [1.29, 1.82) is 0 Å². The van der Waals surface area contributed by atoms with Gasteiger partial charge in [0.15, 0.2) is 13.6 Å². The summed E-state index contributed by atoms with van der Waals surface area (Å²) in [7, 11) is 0. The van der Waals surface area contributed by atoms with Crippen LogP contribution >= 0.6 is 0 Å². The van der Waals surface area contributed by atoms with Crippen molar-refractivity contribution in [2.24, 2.45) is 10.8 Å². The summed E-state index contributed by atoms with van der Waals surface area (Å²) in [6.45, 7) is 11.0. The topological polar surface area (TPSA) is 100 Å². The van der Waals surface area contributed by atoms with E-state index in [9.17, 15) is 4.79 Å². The normalized spacial score (nSPS) is 16.3. The summed E-state index contributed by atoms with van der Waals surface area (Å²) in [5.74, 6) is 2.84. The zero-order chi connectivity index (χ0) is 36.0. The van der Waals surface area contributed by atoms with Crippen LogP contribution in [0.3, 0.4) is 0 Å². The van der Waals surface area contributed by atoms with Gasteiger partial charge in [0.1, 0.15) is 28.7 Å². The van der Waals surface area contributed by atoms with E-state index in [0.29, 0.717) is 47.5 Å². The monoisotopic (exact) mass is 774 g/mol. The lowest BCUT2D eigenvalue weighted by atomic mass is 9.84. The van der Waals surface area contributed by atoms with Crippen molar-refractivity contribution in [2.45, 2.75) is 69.2 Å². The predicted octanol–water partition coefficient (Wildman–Crippen LogP) is 10.6. The lowest BCUT2D eigenvalue weighted by Crippen LogP contribution is -2.45. The molecule has 0 aromatic heterocycles. The molecule has 0 N–H and O–H groups in total. The van der Waals surface area contributed by atoms with Gasteiger partial charge in [-0.05, 0) is 108 Å². The molecular formula is C46H62O10. The van der Waals surface area contributed by atoms with Crippen molar-refractivity contribution < 1.29 is 47.4 Å². The Hall–Kier alpha value is -4.61. The maximum absolute atomic E-state index is 13.0. The molecule has 0 amide bonds. The zero-order valence-electron chi connectivity index (χ0n) is 30.0. The summed E-state index contributed by atoms with van der Waals surface area (Å²) in [6, 6.07) is 26.1. The molecule has 1 aliphatic carbocycles. The smallest absolute Gasteiger partial charge is 0.343 e. The van der Waals surface area contributed by atoms with E-state index in [2.05, 4.69) is 26.8 Å². The van der Waals surface area contributed by atoms with Gasteiger partial charge in [0, 0.05) is 16.7 Å². The molecule has 1 unspecified atom stereocenters. The lowest BCUT2D eigenvalue weighted by molar-refractivity contribution is -0.162. The second-order valence-electron chi connectivity index (χ2n) is 13.9. The molecule has 1 atom stereocenters. The van der Waals surface area contributed by atoms with Crippen LogP contribution in [-0.4, -0.2) is 66.0 Å². The average Bonchev–Trinajstić information content (AvgIpc) is 3.41. The van der Waals surface area contributed by atoms with Crippen molar-refractivity contribution in [3.05, 3.63) is 102 Å². The van der Waals surface area contributed by atoms with Gasteiger partial charge in [0.25, 0.3) is 0 Å². The second-order valence-corrected chi connectivity index (χ2v) is 13.9. The van der Waals surface area contributed by atoms with Gasteiger partial charge in [-0.2, -0.15) is 0 Å². The van der Waals surface area contributed by atoms with E-state index in [1.807, 2.05) is 54.6 Å². The first-order valence-corrected chi connectivity index (χ1v) is 17.9. The van der Waals surface area contributed by atoms with Crippen LogP contribution < -0.4 is 23.7 Å². The number of fused-ring (bicyclic) bond motifs is 3. The van der Waals surface area contributed by atoms with E-state index in [4.69, 9.17) is 42.6 Å². The number of rotatable bonds is 18. The number of hydrogen-bond acceptors (Lipinski definition) is 10. The third-order valence-electron chi connectivity index (χ3n) is 10.4. The van der Waals surface area contributed by atoms with Crippen molar-refractivity contribution in [2.75, 3.05) is 60.0 Å². The fourth-order valence-electron chi connectivity index (χ4n) is 6.56. The molecule has 2 heterocycles. The summed E-state index contributed by atoms with van der Waals surface area (Å²) in [6.07, 6.45) is 2.04. The van der Waals surface area contributed by atoms with Crippen LogP contribution in [0.5, 0.6) is 28.7 Å². The molecule has 10 nitrogen and oxygen atoms in total. The number of carbonyl (C=O) groups excluding carboxylic acids is 1. The van der Waals surface area contributed by atoms with Gasteiger partial charge in [0.05, 0.1) is 45.2 Å². The highest BCUT2D eigenvalue weighted by molar-refractivity contribution is 5.91. The zero-order valence-corrected chi connectivity index (χ0v) is 30.0. The first-order chi connectivity index (χ1) is 25.4. The quantitative estimate of drug-likeness (QED) is 0.0420. The highest BCUT2D eigenvalue weighted by Gasteiger charge is 2.38. The minimum atomic E-state index is -0.437. The predicted molar refractivity (Wildman–Crippen MR) is 220 cm³/mol. The number of hydrogen-bond donors (Lipinski definition) is 0. The van der Waals surface area contributed by atoms with Crippen molar-refractivity contribution >= 4 is 5.97 Å². The molecule has 3 aliphatic rings. The van der Waals surface area contributed by atoms with Crippen LogP contribution in [0.15, 0.2) is 84.9 Å². The van der Waals surface area contributed by atoms with Gasteiger partial charge in [-0.1, -0.05) is 62.6 Å². The van der Waals surface area contributed by atoms with Crippen LogP contribution in [0, 0.1) is 10.8 Å². The largest absolute Gasteiger partial charge is 0.468 e. The maximum Gasteiger partial charge on any atom is 0.343 e. The minimum absolute atomic E-state index is 0. The fourth-order valence-corrected chi connectivity index (χ4v) is 6.56. The molecule has 0 saturated carbocycles. The molecular weight excluding hydrogens is 712 g/mol. The van der Waals surface area contributed by atoms with E-state index in [1.165, 1.54) is 0 Å². The standard InChI is InChI=1S/C42H46O10.4CH4/c1-4-41(20-44-21-41)24-46-26-48-31-8-6-30(7-9-31)40(43)52-35-15-17-37-36-16-14-34(18-38(36)29(3)39(37)19-35)51-28-50-33-12-10-32(11-13-33)49-27-47-25-42(5-2)22-45-23-42;;;;/h6-19,29H,4-5,20-28H2,1-3H3;4*1H4. The maximum atomic E-state index is 13.0. The molecule has 56 heavy (non-hydrogen) atoms. The van der Waals surface area contributed by atoms with Crippen LogP contribution in [-0.2, 0) is 18.9 Å². The van der Waals surface area contributed by atoms with E-state index < -0.39 is 5.97 Å². The Labute approximate surface area is 334 Å². The lowest BCUT2D eigenvalue weighted by Gasteiger charge is -2.40.